The number of nitrogens with zero attached hydrogens (tertiary/aromatic N) is 1. The minimum atomic E-state index is -0.329. The van der Waals surface area contributed by atoms with Crippen LogP contribution in [0.5, 0.6) is 0 Å². The van der Waals surface area contributed by atoms with Gasteiger partial charge in [0.25, 0.3) is 5.91 Å². The smallest absolute Gasteiger partial charge is 0.258 e. The van der Waals surface area contributed by atoms with E-state index in [-0.39, 0.29) is 23.9 Å². The second kappa shape index (κ2) is 8.05. The first-order chi connectivity index (χ1) is 12.2. The highest BCUT2D eigenvalue weighted by Crippen LogP contribution is 2.28. The SMILES string of the molecule is CCc1ccc(/C=N/NC(=O)C2NNC(c3ccccc3)C2C)cc1. The van der Waals surface area contributed by atoms with E-state index < -0.39 is 0 Å². The highest BCUT2D eigenvalue weighted by Gasteiger charge is 2.37. The van der Waals surface area contributed by atoms with E-state index in [1.54, 1.807) is 6.21 Å². The Morgan fingerprint density at radius 3 is 2.52 bits per heavy atom. The van der Waals surface area contributed by atoms with Gasteiger partial charge in [-0.05, 0) is 23.1 Å². The van der Waals surface area contributed by atoms with Crippen molar-refractivity contribution in [3.63, 3.8) is 0 Å². The third-order valence-electron chi connectivity index (χ3n) is 4.66. The Balaban J connectivity index is 1.57. The van der Waals surface area contributed by atoms with Gasteiger partial charge >= 0.3 is 0 Å². The summed E-state index contributed by atoms with van der Waals surface area (Å²) in [6, 6.07) is 18.0. The largest absolute Gasteiger partial charge is 0.271 e. The third-order valence-corrected chi connectivity index (χ3v) is 4.66. The summed E-state index contributed by atoms with van der Waals surface area (Å²) in [5.41, 5.74) is 12.3. The molecule has 0 bridgehead atoms. The van der Waals surface area contributed by atoms with E-state index in [1.807, 2.05) is 30.3 Å². The van der Waals surface area contributed by atoms with Gasteiger partial charge in [-0.1, -0.05) is 68.4 Å². The van der Waals surface area contributed by atoms with Gasteiger partial charge in [-0.15, -0.1) is 0 Å². The molecule has 3 N–H and O–H groups in total. The van der Waals surface area contributed by atoms with Gasteiger partial charge in [0.05, 0.1) is 12.3 Å². The molecule has 1 aliphatic heterocycles. The Labute approximate surface area is 148 Å². The number of benzene rings is 2. The lowest BCUT2D eigenvalue weighted by Crippen LogP contribution is -2.43. The molecule has 2 aromatic carbocycles. The van der Waals surface area contributed by atoms with Gasteiger partial charge in [0, 0.05) is 5.92 Å². The van der Waals surface area contributed by atoms with E-state index in [2.05, 4.69) is 59.5 Å². The van der Waals surface area contributed by atoms with Crippen molar-refractivity contribution in [1.82, 2.24) is 16.3 Å². The molecule has 5 heteroatoms. The normalized spacial score (nSPS) is 23.0. The van der Waals surface area contributed by atoms with Crippen LogP contribution in [0.15, 0.2) is 59.7 Å². The molecule has 3 atom stereocenters. The maximum atomic E-state index is 12.4. The Kier molecular flexibility index (Phi) is 5.58. The van der Waals surface area contributed by atoms with Crippen LogP contribution in [-0.4, -0.2) is 18.2 Å². The highest BCUT2D eigenvalue weighted by atomic mass is 16.2. The molecule has 1 saturated heterocycles. The van der Waals surface area contributed by atoms with Crippen molar-refractivity contribution in [2.45, 2.75) is 32.4 Å². The number of hydrazine groups is 1. The molecule has 3 unspecified atom stereocenters. The summed E-state index contributed by atoms with van der Waals surface area (Å²) in [6.45, 7) is 4.18. The number of carbonyl (C=O) groups excluding carboxylic acids is 1. The molecular weight excluding hydrogens is 312 g/mol. The molecule has 3 rings (SSSR count). The third kappa shape index (κ3) is 4.13. The molecule has 25 heavy (non-hydrogen) atoms. The van der Waals surface area contributed by atoms with Gasteiger partial charge < -0.3 is 0 Å². The first-order valence-corrected chi connectivity index (χ1v) is 8.67. The summed E-state index contributed by atoms with van der Waals surface area (Å²) in [6.07, 6.45) is 2.67. The van der Waals surface area contributed by atoms with Crippen LogP contribution in [-0.2, 0) is 11.2 Å². The molecule has 0 aromatic heterocycles. The molecule has 1 aliphatic rings. The molecule has 1 heterocycles. The number of hydrazone groups is 1. The fraction of sp³-hybridized carbons (Fsp3) is 0.300. The Morgan fingerprint density at radius 2 is 1.84 bits per heavy atom. The monoisotopic (exact) mass is 336 g/mol. The van der Waals surface area contributed by atoms with Gasteiger partial charge in [0.1, 0.15) is 6.04 Å². The average molecular weight is 336 g/mol. The van der Waals surface area contributed by atoms with Gasteiger partial charge in [-0.3, -0.25) is 4.79 Å². The molecule has 1 fully saturated rings. The Bertz CT molecular complexity index is 727. The maximum Gasteiger partial charge on any atom is 0.258 e. The van der Waals surface area contributed by atoms with Gasteiger partial charge in [0.15, 0.2) is 0 Å². The molecule has 1 amide bonds. The molecule has 0 radical (unpaired) electrons. The molecule has 5 nitrogen and oxygen atoms in total. The summed E-state index contributed by atoms with van der Waals surface area (Å²) >= 11 is 0. The van der Waals surface area contributed by atoms with E-state index in [9.17, 15) is 4.79 Å². The fourth-order valence-corrected chi connectivity index (χ4v) is 3.07. The number of hydrogen-bond acceptors (Lipinski definition) is 4. The predicted octanol–water partition coefficient (Wildman–Crippen LogP) is 2.55. The van der Waals surface area contributed by atoms with Gasteiger partial charge in [0.2, 0.25) is 0 Å². The molecule has 0 spiro atoms. The molecule has 0 aliphatic carbocycles. The van der Waals surface area contributed by atoms with Crippen LogP contribution >= 0.6 is 0 Å². The topological polar surface area (TPSA) is 65.5 Å². The lowest BCUT2D eigenvalue weighted by Gasteiger charge is -2.17. The van der Waals surface area contributed by atoms with Crippen molar-refractivity contribution in [2.75, 3.05) is 0 Å². The molecular formula is C20H24N4O. The summed E-state index contributed by atoms with van der Waals surface area (Å²) in [7, 11) is 0. The van der Waals surface area contributed by atoms with Crippen molar-refractivity contribution >= 4 is 12.1 Å². The summed E-state index contributed by atoms with van der Waals surface area (Å²) in [5, 5.41) is 4.08. The van der Waals surface area contributed by atoms with Crippen LogP contribution in [0.4, 0.5) is 0 Å². The zero-order valence-electron chi connectivity index (χ0n) is 14.6. The van der Waals surface area contributed by atoms with Crippen molar-refractivity contribution in [3.8, 4) is 0 Å². The summed E-state index contributed by atoms with van der Waals surface area (Å²) in [5.74, 6) is -0.0266. The van der Waals surface area contributed by atoms with Crippen LogP contribution in [0.1, 0.15) is 36.6 Å². The van der Waals surface area contributed by atoms with Gasteiger partial charge in [-0.25, -0.2) is 16.3 Å². The number of rotatable bonds is 5. The first-order valence-electron chi connectivity index (χ1n) is 8.67. The zero-order valence-corrected chi connectivity index (χ0v) is 14.6. The lowest BCUT2D eigenvalue weighted by molar-refractivity contribution is -0.123. The van der Waals surface area contributed by atoms with Crippen LogP contribution in [0.25, 0.3) is 0 Å². The molecule has 2 aromatic rings. The van der Waals surface area contributed by atoms with Crippen molar-refractivity contribution in [1.29, 1.82) is 0 Å². The van der Waals surface area contributed by atoms with Crippen LogP contribution in [0, 0.1) is 5.92 Å². The van der Waals surface area contributed by atoms with Gasteiger partial charge in [-0.2, -0.15) is 5.10 Å². The Morgan fingerprint density at radius 1 is 1.12 bits per heavy atom. The van der Waals surface area contributed by atoms with E-state index >= 15 is 0 Å². The fourth-order valence-electron chi connectivity index (χ4n) is 3.07. The number of aryl methyl sites for hydroxylation is 1. The standard InChI is InChI=1S/C20H24N4O/c1-3-15-9-11-16(12-10-15)13-21-24-20(25)19-14(2)18(22-23-19)17-7-5-4-6-8-17/h4-14,18-19,22-23H,3H2,1-2H3,(H,24,25)/b21-13+. The Hall–Kier alpha value is -2.50. The van der Waals surface area contributed by atoms with E-state index in [0.717, 1.165) is 17.5 Å². The number of carbonyl (C=O) groups is 1. The van der Waals surface area contributed by atoms with Crippen LogP contribution < -0.4 is 16.3 Å². The lowest BCUT2D eigenvalue weighted by atomic mass is 9.91. The minimum Gasteiger partial charge on any atom is -0.271 e. The second-order valence-corrected chi connectivity index (χ2v) is 6.34. The van der Waals surface area contributed by atoms with E-state index in [4.69, 9.17) is 0 Å². The van der Waals surface area contributed by atoms with E-state index in [0.29, 0.717) is 0 Å². The highest BCUT2D eigenvalue weighted by molar-refractivity contribution is 5.85. The second-order valence-electron chi connectivity index (χ2n) is 6.34. The quantitative estimate of drug-likeness (QED) is 0.581. The molecule has 0 saturated carbocycles. The van der Waals surface area contributed by atoms with Crippen LogP contribution in [0.2, 0.25) is 0 Å². The van der Waals surface area contributed by atoms with E-state index in [1.165, 1.54) is 5.56 Å². The summed E-state index contributed by atoms with van der Waals surface area (Å²) in [4.78, 5) is 12.4. The maximum absolute atomic E-state index is 12.4. The van der Waals surface area contributed by atoms with Crippen molar-refractivity contribution < 1.29 is 4.79 Å². The number of hydrogen-bond donors (Lipinski definition) is 3. The average Bonchev–Trinajstić information content (AvgIpc) is 3.04. The zero-order chi connectivity index (χ0) is 17.6. The number of nitrogens with one attached hydrogen (secondary N) is 3. The first kappa shape index (κ1) is 17.3. The van der Waals surface area contributed by atoms with Crippen LogP contribution in [0.3, 0.4) is 0 Å². The predicted molar refractivity (Wildman–Crippen MR) is 100.0 cm³/mol. The minimum absolute atomic E-state index is 0.0996. The number of amides is 1. The summed E-state index contributed by atoms with van der Waals surface area (Å²) < 4.78 is 0. The van der Waals surface area contributed by atoms with Crippen molar-refractivity contribution in [2.24, 2.45) is 11.0 Å². The van der Waals surface area contributed by atoms with Crippen molar-refractivity contribution in [3.05, 3.63) is 71.3 Å². The molecule has 130 valence electrons.